The predicted molar refractivity (Wildman–Crippen MR) is 244 cm³/mol. The average molecular weight is 1250 g/mol. The second-order valence-electron chi connectivity index (χ2n) is 17.2. The zero-order valence-corrected chi connectivity index (χ0v) is 41.5. The smallest absolute Gasteiger partial charge is 0.194 e. The van der Waals surface area contributed by atoms with Gasteiger partial charge in [0.25, 0.3) is 0 Å². The van der Waals surface area contributed by atoms with Crippen LogP contribution in [0.3, 0.4) is 0 Å². The van der Waals surface area contributed by atoms with E-state index in [1.165, 1.54) is 16.7 Å². The molecule has 0 atom stereocenters. The van der Waals surface area contributed by atoms with Gasteiger partial charge in [0.2, 0.25) is 0 Å². The summed E-state index contributed by atoms with van der Waals surface area (Å²) >= 11 is 0. The van der Waals surface area contributed by atoms with Crippen molar-refractivity contribution in [2.24, 2.45) is 0 Å². The maximum Gasteiger partial charge on any atom is 1.00 e. The van der Waals surface area contributed by atoms with E-state index >= 15 is 0 Å². The normalized spacial score (nSPS) is 12.6. The first kappa shape index (κ1) is 66.9. The van der Waals surface area contributed by atoms with Crippen LogP contribution in [0.25, 0.3) is 0 Å². The van der Waals surface area contributed by atoms with E-state index in [-0.39, 0.29) is 22.4 Å². The van der Waals surface area contributed by atoms with Crippen LogP contribution in [0.1, 0.15) is 61.2 Å². The van der Waals surface area contributed by atoms with Crippen molar-refractivity contribution in [3.63, 3.8) is 0 Å². The van der Waals surface area contributed by atoms with Crippen LogP contribution >= 0.6 is 0 Å². The fourth-order valence-corrected chi connectivity index (χ4v) is 7.67. The Hall–Kier alpha value is -6.33. The number of alkyl halides is 24. The third-order valence-corrected chi connectivity index (χ3v) is 11.3. The molecule has 7 rings (SSSR count). The summed E-state index contributed by atoms with van der Waals surface area (Å²) in [5.74, 6) is 0. The van der Waals surface area contributed by atoms with E-state index in [4.69, 9.17) is 0 Å². The largest absolute Gasteiger partial charge is 1.00 e. The predicted octanol–water partition coefficient (Wildman–Crippen LogP) is 17.2. The maximum atomic E-state index is 14.2. The molecule has 0 radical (unpaired) electrons. The van der Waals surface area contributed by atoms with Crippen LogP contribution < -0.4 is 21.9 Å². The molecule has 430 valence electrons. The molecule has 0 heterocycles. The first-order chi connectivity index (χ1) is 35.4. The maximum absolute atomic E-state index is 14.2. The number of halogens is 24. The Bertz CT molecular complexity index is 2550. The van der Waals surface area contributed by atoms with Crippen LogP contribution in [0, 0.1) is 20.8 Å². The van der Waals surface area contributed by atoms with Gasteiger partial charge in [0.1, 0.15) is 6.15 Å². The van der Waals surface area contributed by atoms with Gasteiger partial charge in [-0.2, -0.15) is 127 Å². The molecule has 0 spiro atoms. The van der Waals surface area contributed by atoms with Crippen LogP contribution in [-0.4, -0.2) is 6.15 Å². The number of aryl methyl sites for hydroxylation is 3. The molecule has 7 aromatic carbocycles. The zero-order chi connectivity index (χ0) is 59.3. The Morgan fingerprint density at radius 3 is 0.430 bits per heavy atom. The average Bonchev–Trinajstić information content (AvgIpc) is 3.31. The molecule has 0 bridgehead atoms. The third-order valence-electron chi connectivity index (χ3n) is 11.3. The van der Waals surface area contributed by atoms with E-state index in [1.807, 2.05) is 54.6 Å². The number of hydrogen-bond donors (Lipinski definition) is 0. The van der Waals surface area contributed by atoms with E-state index in [1.54, 1.807) is 0 Å². The molecule has 0 unspecified atom stereocenters. The Morgan fingerprint density at radius 2 is 0.342 bits per heavy atom. The molecule has 0 N–H and O–H groups in total. The zero-order valence-electron chi connectivity index (χ0n) is 40.0. The topological polar surface area (TPSA) is 0 Å². The molecule has 0 saturated carbocycles. The van der Waals surface area contributed by atoms with Crippen molar-refractivity contribution >= 4 is 28.0 Å². The van der Waals surface area contributed by atoms with Crippen LogP contribution in [0.2, 0.25) is 0 Å². The van der Waals surface area contributed by atoms with Crippen LogP contribution in [-0.2, 0) is 71.8 Å². The monoisotopic (exact) mass is 1250 g/mol. The summed E-state index contributed by atoms with van der Waals surface area (Å²) in [6.07, 6.45) is -54.8. The van der Waals surface area contributed by atoms with E-state index in [9.17, 15) is 105 Å². The van der Waals surface area contributed by atoms with E-state index < -0.39 is 195 Å². The molecule has 0 saturated heterocycles. The first-order valence-corrected chi connectivity index (χ1v) is 21.9. The minimum Gasteiger partial charge on any atom is -0.194 e. The molecule has 0 aliphatic carbocycles. The van der Waals surface area contributed by atoms with Gasteiger partial charge in [-0.15, -0.1) is 0 Å². The van der Waals surface area contributed by atoms with Gasteiger partial charge in [-0.05, 0) is 45.0 Å². The number of benzene rings is 7. The standard InChI is InChI=1S/C32H12BF24.3C7H8.Ag/c34-25(35,36)13-1-14(26(37,38)39)6-21(5-13)33(22-7-15(27(40,41)42)2-16(8-22)28(43,44)45,23-9-17(29(46,47)48)3-18(10-23)30(49,50)51)24-11-19(31(52,53)54)4-20(12-24)32(55,56)57;3*1-7-5-3-2-4-6-7;/h1-12H;3*2-6H,1H3;/q-1;;;;+1. The molecule has 0 aliphatic rings. The molecule has 0 nitrogen and oxygen atoms in total. The van der Waals surface area contributed by atoms with Gasteiger partial charge in [0.05, 0.1) is 44.5 Å². The summed E-state index contributed by atoms with van der Waals surface area (Å²) in [6.45, 7) is 6.25. The Morgan fingerprint density at radius 1 is 0.215 bits per heavy atom. The van der Waals surface area contributed by atoms with Crippen LogP contribution in [0.15, 0.2) is 164 Å². The van der Waals surface area contributed by atoms with Crippen molar-refractivity contribution in [1.82, 2.24) is 0 Å². The minimum atomic E-state index is -6.13. The van der Waals surface area contributed by atoms with Gasteiger partial charge < -0.3 is 0 Å². The van der Waals surface area contributed by atoms with Gasteiger partial charge >= 0.3 is 71.8 Å². The third kappa shape index (κ3) is 18.4. The molecule has 0 aromatic heterocycles. The van der Waals surface area contributed by atoms with Gasteiger partial charge in [0, 0.05) is 0 Å². The molecule has 26 heteroatoms. The quantitative estimate of drug-likeness (QED) is 0.122. The number of rotatable bonds is 4. The van der Waals surface area contributed by atoms with Crippen molar-refractivity contribution in [3.8, 4) is 0 Å². The minimum absolute atomic E-state index is 0. The van der Waals surface area contributed by atoms with E-state index in [2.05, 4.69) is 57.2 Å². The second-order valence-corrected chi connectivity index (χ2v) is 17.2. The summed E-state index contributed by atoms with van der Waals surface area (Å²) in [5, 5.41) is 0. The molecule has 0 amide bonds. The van der Waals surface area contributed by atoms with Crippen molar-refractivity contribution in [2.75, 3.05) is 0 Å². The van der Waals surface area contributed by atoms with Crippen LogP contribution in [0.5, 0.6) is 0 Å². The summed E-state index contributed by atoms with van der Waals surface area (Å²) in [6, 6.07) is 22.0. The Balaban J connectivity index is 0.000000611. The van der Waals surface area contributed by atoms with Gasteiger partial charge in [-0.3, -0.25) is 0 Å². The molecule has 79 heavy (non-hydrogen) atoms. The summed E-state index contributed by atoms with van der Waals surface area (Å²) in [4.78, 5) is 0. The van der Waals surface area contributed by atoms with Crippen molar-refractivity contribution in [3.05, 3.63) is 225 Å². The van der Waals surface area contributed by atoms with Crippen LogP contribution in [0.4, 0.5) is 105 Å². The summed E-state index contributed by atoms with van der Waals surface area (Å²) < 4.78 is 341. The van der Waals surface area contributed by atoms with Crippen molar-refractivity contribution < 1.29 is 128 Å². The SMILES string of the molecule is Cc1ccccc1.Cc1ccccc1.Cc1ccccc1.FC(F)(F)c1cc([B-](c2cc(C(F)(F)F)cc(C(F)(F)F)c2)(c2cc(C(F)(F)F)cc(C(F)(F)F)c2)c2cc(C(F)(F)F)cc(C(F)(F)F)c2)cc(C(F)(F)F)c1.[Ag+]. The molecule has 7 aromatic rings. The molecule has 0 aliphatic heterocycles. The summed E-state index contributed by atoms with van der Waals surface area (Å²) in [7, 11) is 0. The first-order valence-electron chi connectivity index (χ1n) is 21.9. The van der Waals surface area contributed by atoms with E-state index in [0.717, 1.165) is 0 Å². The molecule has 0 fully saturated rings. The molecular formula is C53H36AgBF24. The van der Waals surface area contributed by atoms with Crippen molar-refractivity contribution in [2.45, 2.75) is 70.2 Å². The summed E-state index contributed by atoms with van der Waals surface area (Å²) in [5.41, 5.74) is -26.2. The number of hydrogen-bond acceptors (Lipinski definition) is 0. The Kier molecular flexibility index (Phi) is 21.2. The van der Waals surface area contributed by atoms with Gasteiger partial charge in [0.15, 0.2) is 0 Å². The fraction of sp³-hybridized carbons (Fsp3) is 0.208. The van der Waals surface area contributed by atoms with Gasteiger partial charge in [-0.25, -0.2) is 0 Å². The fourth-order valence-electron chi connectivity index (χ4n) is 7.67. The second kappa shape index (κ2) is 25.0. The van der Waals surface area contributed by atoms with E-state index in [0.29, 0.717) is 0 Å². The Labute approximate surface area is 449 Å². The van der Waals surface area contributed by atoms with Gasteiger partial charge in [-0.1, -0.05) is 156 Å². The van der Waals surface area contributed by atoms with Crippen molar-refractivity contribution in [1.29, 1.82) is 0 Å². The molecular weight excluding hydrogens is 1210 g/mol.